The molecule has 0 fully saturated rings. The Labute approximate surface area is 92.6 Å². The number of aromatic nitrogens is 2. The molecule has 7 heteroatoms. The molecule has 0 atom stereocenters. The number of nitrogen functional groups attached to an aromatic ring is 1. The molecule has 86 valence electrons. The van der Waals surface area contributed by atoms with Crippen LogP contribution in [0.5, 0.6) is 0 Å². The van der Waals surface area contributed by atoms with Crippen molar-refractivity contribution in [3.8, 4) is 6.07 Å². The van der Waals surface area contributed by atoms with Gasteiger partial charge in [-0.3, -0.25) is 10.1 Å². The molecule has 0 spiro atoms. The van der Waals surface area contributed by atoms with Crippen molar-refractivity contribution >= 4 is 11.5 Å². The Balaban J connectivity index is 3.20. The van der Waals surface area contributed by atoms with Crippen LogP contribution in [0.1, 0.15) is 31.9 Å². The monoisotopic (exact) mass is 223 g/mol. The standard InChI is InChI=1S/C9H13N5O2/c1-6(2)7-8(14(15)16)9(11)13(12-7)5-3-4-10/h6H,3,5,11H2,1-2H3. The van der Waals surface area contributed by atoms with E-state index >= 15 is 0 Å². The normalized spacial score (nSPS) is 10.4. The van der Waals surface area contributed by atoms with Crippen molar-refractivity contribution in [2.45, 2.75) is 32.7 Å². The van der Waals surface area contributed by atoms with Crippen LogP contribution in [0.4, 0.5) is 11.5 Å². The largest absolute Gasteiger partial charge is 0.378 e. The summed E-state index contributed by atoms with van der Waals surface area (Å²) in [5.74, 6) is -0.0602. The third-order valence-corrected chi connectivity index (χ3v) is 2.16. The number of nitriles is 1. The third-order valence-electron chi connectivity index (χ3n) is 2.16. The summed E-state index contributed by atoms with van der Waals surface area (Å²) in [5, 5.41) is 23.4. The molecule has 0 amide bonds. The highest BCUT2D eigenvalue weighted by molar-refractivity contribution is 5.57. The van der Waals surface area contributed by atoms with Crippen LogP contribution >= 0.6 is 0 Å². The molecule has 0 aliphatic carbocycles. The van der Waals surface area contributed by atoms with Gasteiger partial charge in [-0.15, -0.1) is 0 Å². The highest BCUT2D eigenvalue weighted by Gasteiger charge is 2.27. The lowest BCUT2D eigenvalue weighted by Gasteiger charge is -1.97. The smallest absolute Gasteiger partial charge is 0.334 e. The SMILES string of the molecule is CC(C)c1nn(CCC#N)c(N)c1[N+](=O)[O-]. The fraction of sp³-hybridized carbons (Fsp3) is 0.556. The first kappa shape index (κ1) is 12.0. The maximum Gasteiger partial charge on any atom is 0.334 e. The maximum atomic E-state index is 10.8. The fourth-order valence-electron chi connectivity index (χ4n) is 1.39. The van der Waals surface area contributed by atoms with Gasteiger partial charge in [-0.05, 0) is 0 Å². The van der Waals surface area contributed by atoms with Crippen LogP contribution in [0, 0.1) is 21.4 Å². The summed E-state index contributed by atoms with van der Waals surface area (Å²) in [6.45, 7) is 3.89. The van der Waals surface area contributed by atoms with Gasteiger partial charge in [-0.25, -0.2) is 4.68 Å². The van der Waals surface area contributed by atoms with Crippen molar-refractivity contribution in [2.75, 3.05) is 5.73 Å². The van der Waals surface area contributed by atoms with Crippen LogP contribution in [-0.4, -0.2) is 14.7 Å². The first-order chi connectivity index (χ1) is 7.49. The second-order valence-corrected chi connectivity index (χ2v) is 3.66. The van der Waals surface area contributed by atoms with E-state index in [0.29, 0.717) is 5.69 Å². The lowest BCUT2D eigenvalue weighted by atomic mass is 10.1. The molecule has 0 bridgehead atoms. The first-order valence-electron chi connectivity index (χ1n) is 4.86. The van der Waals surface area contributed by atoms with Gasteiger partial charge in [0.05, 0.1) is 24.0 Å². The number of nitro groups is 1. The summed E-state index contributed by atoms with van der Waals surface area (Å²) >= 11 is 0. The molecule has 1 aromatic heterocycles. The van der Waals surface area contributed by atoms with Crippen molar-refractivity contribution < 1.29 is 4.92 Å². The van der Waals surface area contributed by atoms with E-state index in [1.807, 2.05) is 19.9 Å². The Hall–Kier alpha value is -2.10. The van der Waals surface area contributed by atoms with E-state index in [4.69, 9.17) is 11.0 Å². The zero-order valence-electron chi connectivity index (χ0n) is 9.17. The zero-order valence-corrected chi connectivity index (χ0v) is 9.17. The van der Waals surface area contributed by atoms with Crippen LogP contribution in [0.15, 0.2) is 0 Å². The van der Waals surface area contributed by atoms with Gasteiger partial charge in [0, 0.05) is 5.92 Å². The van der Waals surface area contributed by atoms with Crippen LogP contribution in [-0.2, 0) is 6.54 Å². The number of rotatable bonds is 4. The van der Waals surface area contributed by atoms with Gasteiger partial charge in [0.2, 0.25) is 5.82 Å². The molecule has 1 heterocycles. The summed E-state index contributed by atoms with van der Waals surface area (Å²) in [5.41, 5.74) is 5.85. The van der Waals surface area contributed by atoms with Gasteiger partial charge in [0.25, 0.3) is 0 Å². The number of hydrogen-bond acceptors (Lipinski definition) is 5. The Morgan fingerprint density at radius 1 is 1.69 bits per heavy atom. The topological polar surface area (TPSA) is 111 Å². The van der Waals surface area contributed by atoms with Gasteiger partial charge in [0.1, 0.15) is 5.69 Å². The first-order valence-corrected chi connectivity index (χ1v) is 4.86. The van der Waals surface area contributed by atoms with Crippen LogP contribution in [0.3, 0.4) is 0 Å². The van der Waals surface area contributed by atoms with Crippen LogP contribution < -0.4 is 5.73 Å². The lowest BCUT2D eigenvalue weighted by Crippen LogP contribution is -2.05. The molecule has 0 aliphatic rings. The van der Waals surface area contributed by atoms with E-state index in [0.717, 1.165) is 0 Å². The Morgan fingerprint density at radius 2 is 2.31 bits per heavy atom. The highest BCUT2D eigenvalue weighted by atomic mass is 16.6. The Morgan fingerprint density at radius 3 is 2.69 bits per heavy atom. The molecule has 0 radical (unpaired) electrons. The second-order valence-electron chi connectivity index (χ2n) is 3.66. The summed E-state index contributed by atoms with van der Waals surface area (Å²) in [6.07, 6.45) is 0.223. The van der Waals surface area contributed by atoms with E-state index < -0.39 is 4.92 Å². The minimum Gasteiger partial charge on any atom is -0.378 e. The lowest BCUT2D eigenvalue weighted by molar-refractivity contribution is -0.384. The molecule has 16 heavy (non-hydrogen) atoms. The zero-order chi connectivity index (χ0) is 12.3. The third kappa shape index (κ3) is 2.11. The molecule has 0 saturated heterocycles. The van der Waals surface area contributed by atoms with Crippen LogP contribution in [0.2, 0.25) is 0 Å². The van der Waals surface area contributed by atoms with Gasteiger partial charge >= 0.3 is 5.69 Å². The molecule has 1 rings (SSSR count). The number of anilines is 1. The van der Waals surface area contributed by atoms with E-state index in [1.54, 1.807) is 0 Å². The maximum absolute atomic E-state index is 10.8. The van der Waals surface area contributed by atoms with E-state index in [1.165, 1.54) is 4.68 Å². The Kier molecular flexibility index (Phi) is 3.45. The molecule has 0 unspecified atom stereocenters. The highest BCUT2D eigenvalue weighted by Crippen LogP contribution is 2.31. The molecule has 2 N–H and O–H groups in total. The summed E-state index contributed by atoms with van der Waals surface area (Å²) in [6, 6.07) is 1.94. The molecule has 7 nitrogen and oxygen atoms in total. The number of hydrogen-bond donors (Lipinski definition) is 1. The molecule has 0 saturated carbocycles. The van der Waals surface area contributed by atoms with Crippen LogP contribution in [0.25, 0.3) is 0 Å². The van der Waals surface area contributed by atoms with Crippen molar-refractivity contribution in [1.82, 2.24) is 9.78 Å². The van der Waals surface area contributed by atoms with Crippen molar-refractivity contribution in [1.29, 1.82) is 5.26 Å². The van der Waals surface area contributed by atoms with Crippen molar-refractivity contribution in [3.05, 3.63) is 15.8 Å². The average molecular weight is 223 g/mol. The van der Waals surface area contributed by atoms with E-state index in [2.05, 4.69) is 5.10 Å². The van der Waals surface area contributed by atoms with E-state index in [9.17, 15) is 10.1 Å². The predicted molar refractivity (Wildman–Crippen MR) is 57.6 cm³/mol. The van der Waals surface area contributed by atoms with Gasteiger partial charge < -0.3 is 5.73 Å². The molecular formula is C9H13N5O2. The number of nitrogens with two attached hydrogens (primary N) is 1. The summed E-state index contributed by atoms with van der Waals surface area (Å²) in [4.78, 5) is 10.3. The summed E-state index contributed by atoms with van der Waals surface area (Å²) in [7, 11) is 0. The quantitative estimate of drug-likeness (QED) is 0.612. The second kappa shape index (κ2) is 4.61. The average Bonchev–Trinajstić information content (AvgIpc) is 2.53. The van der Waals surface area contributed by atoms with E-state index in [-0.39, 0.29) is 30.4 Å². The minimum atomic E-state index is -0.527. The molecular weight excluding hydrogens is 210 g/mol. The predicted octanol–water partition coefficient (Wildman–Crippen LogP) is 1.41. The molecule has 1 aromatic rings. The van der Waals surface area contributed by atoms with Crippen molar-refractivity contribution in [3.63, 3.8) is 0 Å². The minimum absolute atomic E-state index is 0.0175. The fourth-order valence-corrected chi connectivity index (χ4v) is 1.39. The molecule has 0 aliphatic heterocycles. The number of aryl methyl sites for hydroxylation is 1. The Bertz CT molecular complexity index is 443. The van der Waals surface area contributed by atoms with Gasteiger partial charge in [-0.2, -0.15) is 10.4 Å². The molecule has 0 aromatic carbocycles. The summed E-state index contributed by atoms with van der Waals surface area (Å²) < 4.78 is 1.32. The van der Waals surface area contributed by atoms with Gasteiger partial charge in [-0.1, -0.05) is 13.8 Å². The number of nitrogens with zero attached hydrogens (tertiary/aromatic N) is 4. The van der Waals surface area contributed by atoms with Gasteiger partial charge in [0.15, 0.2) is 0 Å². The van der Waals surface area contributed by atoms with Crippen molar-refractivity contribution in [2.24, 2.45) is 0 Å².